The third-order valence-electron chi connectivity index (χ3n) is 5.19. The fourth-order valence-electron chi connectivity index (χ4n) is 3.59. The van der Waals surface area contributed by atoms with Crippen molar-refractivity contribution < 1.29 is 9.53 Å². The van der Waals surface area contributed by atoms with Crippen LogP contribution in [0.5, 0.6) is 0 Å². The van der Waals surface area contributed by atoms with Gasteiger partial charge in [0.05, 0.1) is 36.1 Å². The van der Waals surface area contributed by atoms with Crippen LogP contribution in [0.2, 0.25) is 0 Å². The number of nitrogens with one attached hydrogen (secondary N) is 1. The molecule has 0 spiro atoms. The third-order valence-corrected chi connectivity index (χ3v) is 5.19. The van der Waals surface area contributed by atoms with Gasteiger partial charge >= 0.3 is 0 Å². The number of morpholine rings is 1. The highest BCUT2D eigenvalue weighted by Crippen LogP contribution is 2.26. The van der Waals surface area contributed by atoms with Gasteiger partial charge in [-0.2, -0.15) is 5.10 Å². The first kappa shape index (κ1) is 19.5. The number of pyridine rings is 1. The van der Waals surface area contributed by atoms with Gasteiger partial charge in [-0.1, -0.05) is 30.3 Å². The maximum atomic E-state index is 13.0. The van der Waals surface area contributed by atoms with Crippen LogP contribution in [0, 0.1) is 0 Å². The van der Waals surface area contributed by atoms with Gasteiger partial charge in [0, 0.05) is 37.8 Å². The average molecular weight is 393 g/mol. The van der Waals surface area contributed by atoms with Crippen molar-refractivity contribution in [3.63, 3.8) is 0 Å². The quantitative estimate of drug-likeness (QED) is 0.697. The normalized spacial score (nSPS) is 15.1. The molecule has 0 bridgehead atoms. The molecule has 2 aromatic heterocycles. The van der Waals surface area contributed by atoms with Crippen LogP contribution in [-0.2, 0) is 4.74 Å². The summed E-state index contributed by atoms with van der Waals surface area (Å²) in [6, 6.07) is 12.0. The Kier molecular flexibility index (Phi) is 5.87. The minimum absolute atomic E-state index is 0.0915. The average Bonchev–Trinajstić information content (AvgIpc) is 3.19. The summed E-state index contributed by atoms with van der Waals surface area (Å²) in [5.74, 6) is -0.0915. The molecule has 0 atom stereocenters. The minimum Gasteiger partial charge on any atom is -0.379 e. The smallest absolute Gasteiger partial charge is 0.252 e. The Morgan fingerprint density at radius 1 is 1.21 bits per heavy atom. The Bertz CT molecular complexity index is 978. The summed E-state index contributed by atoms with van der Waals surface area (Å²) in [5.41, 5.74) is 3.11. The molecule has 3 aromatic rings. The number of aromatic nitrogens is 3. The van der Waals surface area contributed by atoms with Crippen LogP contribution < -0.4 is 5.32 Å². The molecule has 0 saturated carbocycles. The molecule has 7 heteroatoms. The summed E-state index contributed by atoms with van der Waals surface area (Å²) >= 11 is 0. The van der Waals surface area contributed by atoms with E-state index >= 15 is 0 Å². The number of hydrogen-bond donors (Lipinski definition) is 1. The summed E-state index contributed by atoms with van der Waals surface area (Å²) in [6.07, 6.45) is 1.74. The molecule has 7 nitrogen and oxygen atoms in total. The summed E-state index contributed by atoms with van der Waals surface area (Å²) in [5, 5.41) is 8.33. The van der Waals surface area contributed by atoms with Gasteiger partial charge in [0.2, 0.25) is 0 Å². The monoisotopic (exact) mass is 393 g/mol. The molecule has 152 valence electrons. The van der Waals surface area contributed by atoms with E-state index in [1.165, 1.54) is 0 Å². The molecule has 0 unspecified atom stereocenters. The second kappa shape index (κ2) is 8.71. The zero-order chi connectivity index (χ0) is 20.2. The number of fused-ring (bicyclic) bond motifs is 1. The zero-order valence-corrected chi connectivity index (χ0v) is 17.0. The first-order valence-electron chi connectivity index (χ1n) is 10.2. The highest BCUT2D eigenvalue weighted by molar-refractivity contribution is 6.06. The number of ether oxygens (including phenoxy) is 1. The molecule has 0 radical (unpaired) electrons. The van der Waals surface area contributed by atoms with E-state index < -0.39 is 0 Å². The Morgan fingerprint density at radius 2 is 1.97 bits per heavy atom. The predicted octanol–water partition coefficient (Wildman–Crippen LogP) is 2.74. The van der Waals surface area contributed by atoms with E-state index in [0.717, 1.165) is 55.1 Å². The van der Waals surface area contributed by atoms with Gasteiger partial charge in [0.15, 0.2) is 5.65 Å². The van der Waals surface area contributed by atoms with Gasteiger partial charge in [-0.3, -0.25) is 9.69 Å². The maximum absolute atomic E-state index is 13.0. The van der Waals surface area contributed by atoms with E-state index in [-0.39, 0.29) is 11.9 Å². The van der Waals surface area contributed by atoms with Crippen molar-refractivity contribution in [1.29, 1.82) is 0 Å². The molecule has 3 heterocycles. The van der Waals surface area contributed by atoms with Crippen LogP contribution in [-0.4, -0.2) is 65.0 Å². The molecule has 1 aliphatic heterocycles. The van der Waals surface area contributed by atoms with Gasteiger partial charge in [-0.25, -0.2) is 9.67 Å². The molecule has 0 aliphatic carbocycles. The number of carbonyl (C=O) groups is 1. The van der Waals surface area contributed by atoms with Gasteiger partial charge in [-0.05, 0) is 19.9 Å². The van der Waals surface area contributed by atoms with Crippen LogP contribution in [0.25, 0.3) is 22.3 Å². The van der Waals surface area contributed by atoms with Crippen molar-refractivity contribution >= 4 is 16.9 Å². The van der Waals surface area contributed by atoms with Gasteiger partial charge in [-0.15, -0.1) is 0 Å². The van der Waals surface area contributed by atoms with Crippen molar-refractivity contribution in [3.8, 4) is 11.3 Å². The van der Waals surface area contributed by atoms with Crippen molar-refractivity contribution in [3.05, 3.63) is 48.2 Å². The molecular weight excluding hydrogens is 366 g/mol. The standard InChI is InChI=1S/C22H27N5O2/c1-16(2)27-21-19(15-24-27)18(14-20(25-21)17-6-4-3-5-7-17)22(28)23-8-9-26-10-12-29-13-11-26/h3-7,14-16H,8-13H2,1-2H3,(H,23,28). The van der Waals surface area contributed by atoms with Crippen molar-refractivity contribution in [2.45, 2.75) is 19.9 Å². The number of rotatable bonds is 6. The number of nitrogens with zero attached hydrogens (tertiary/aromatic N) is 4. The second-order valence-corrected chi connectivity index (χ2v) is 7.55. The molecule has 1 amide bonds. The van der Waals surface area contributed by atoms with Crippen LogP contribution in [0.1, 0.15) is 30.2 Å². The lowest BCUT2D eigenvalue weighted by molar-refractivity contribution is 0.0383. The SMILES string of the molecule is CC(C)n1ncc2c(C(=O)NCCN3CCOCC3)cc(-c3ccccc3)nc21. The van der Waals surface area contributed by atoms with E-state index in [2.05, 4.69) is 29.2 Å². The van der Waals surface area contributed by atoms with E-state index in [1.807, 2.05) is 41.1 Å². The lowest BCUT2D eigenvalue weighted by Gasteiger charge is -2.26. The van der Waals surface area contributed by atoms with E-state index in [1.54, 1.807) is 6.20 Å². The largest absolute Gasteiger partial charge is 0.379 e. The molecule has 1 aromatic carbocycles. The lowest BCUT2D eigenvalue weighted by atomic mass is 10.1. The summed E-state index contributed by atoms with van der Waals surface area (Å²) < 4.78 is 7.24. The van der Waals surface area contributed by atoms with Gasteiger partial charge < -0.3 is 10.1 Å². The third kappa shape index (κ3) is 4.31. The highest BCUT2D eigenvalue weighted by Gasteiger charge is 2.19. The highest BCUT2D eigenvalue weighted by atomic mass is 16.5. The molecule has 4 rings (SSSR count). The molecular formula is C22H27N5O2. The maximum Gasteiger partial charge on any atom is 0.252 e. The summed E-state index contributed by atoms with van der Waals surface area (Å²) in [6.45, 7) is 8.88. The Labute approximate surface area is 170 Å². The minimum atomic E-state index is -0.0915. The Hall–Kier alpha value is -2.77. The molecule has 1 saturated heterocycles. The Balaban J connectivity index is 1.62. The number of amides is 1. The van der Waals surface area contributed by atoms with E-state index in [9.17, 15) is 4.79 Å². The van der Waals surface area contributed by atoms with Crippen molar-refractivity contribution in [2.75, 3.05) is 39.4 Å². The Morgan fingerprint density at radius 3 is 2.69 bits per heavy atom. The number of benzene rings is 1. The summed E-state index contributed by atoms with van der Waals surface area (Å²) in [4.78, 5) is 20.2. The van der Waals surface area contributed by atoms with Crippen LogP contribution in [0.3, 0.4) is 0 Å². The fourth-order valence-corrected chi connectivity index (χ4v) is 3.59. The zero-order valence-electron chi connectivity index (χ0n) is 17.0. The topological polar surface area (TPSA) is 72.3 Å². The first-order chi connectivity index (χ1) is 14.1. The molecule has 1 fully saturated rings. The van der Waals surface area contributed by atoms with Gasteiger partial charge in [0.25, 0.3) is 5.91 Å². The second-order valence-electron chi connectivity index (χ2n) is 7.55. The lowest BCUT2D eigenvalue weighted by Crippen LogP contribution is -2.41. The van der Waals surface area contributed by atoms with Crippen molar-refractivity contribution in [1.82, 2.24) is 25.0 Å². The number of carbonyl (C=O) groups excluding carboxylic acids is 1. The van der Waals surface area contributed by atoms with Crippen LogP contribution >= 0.6 is 0 Å². The predicted molar refractivity (Wildman–Crippen MR) is 113 cm³/mol. The first-order valence-corrected chi connectivity index (χ1v) is 10.2. The van der Waals surface area contributed by atoms with Gasteiger partial charge in [0.1, 0.15) is 0 Å². The fraction of sp³-hybridized carbons (Fsp3) is 0.409. The molecule has 29 heavy (non-hydrogen) atoms. The molecule has 1 N–H and O–H groups in total. The number of hydrogen-bond acceptors (Lipinski definition) is 5. The van der Waals surface area contributed by atoms with E-state index in [0.29, 0.717) is 12.1 Å². The summed E-state index contributed by atoms with van der Waals surface area (Å²) in [7, 11) is 0. The van der Waals surface area contributed by atoms with Crippen LogP contribution in [0.15, 0.2) is 42.6 Å². The van der Waals surface area contributed by atoms with Crippen molar-refractivity contribution in [2.24, 2.45) is 0 Å². The van der Waals surface area contributed by atoms with E-state index in [4.69, 9.17) is 9.72 Å². The van der Waals surface area contributed by atoms with Crippen LogP contribution in [0.4, 0.5) is 0 Å². The molecule has 1 aliphatic rings.